The van der Waals surface area contributed by atoms with Crippen molar-refractivity contribution in [2.24, 2.45) is 5.92 Å². The van der Waals surface area contributed by atoms with Crippen LogP contribution in [0, 0.1) is 19.8 Å². The quantitative estimate of drug-likeness (QED) is 0.906. The van der Waals surface area contributed by atoms with Crippen molar-refractivity contribution in [3.63, 3.8) is 0 Å². The van der Waals surface area contributed by atoms with Gasteiger partial charge < -0.3 is 10.2 Å². The number of hydrogen-bond acceptors (Lipinski definition) is 2. The monoisotopic (exact) mass is 350 g/mol. The highest BCUT2D eigenvalue weighted by Gasteiger charge is 2.23. The van der Waals surface area contributed by atoms with Gasteiger partial charge in [0.05, 0.1) is 0 Å². The van der Waals surface area contributed by atoms with E-state index in [0.717, 1.165) is 35.3 Å². The Balaban J connectivity index is 1.77. The van der Waals surface area contributed by atoms with Gasteiger partial charge >= 0.3 is 0 Å². The second kappa shape index (κ2) is 7.32. The normalized spacial score (nSPS) is 13.5. The molecule has 1 aliphatic heterocycles. The highest BCUT2D eigenvalue weighted by atomic mass is 16.2. The van der Waals surface area contributed by atoms with E-state index < -0.39 is 0 Å². The van der Waals surface area contributed by atoms with E-state index in [1.807, 2.05) is 62.9 Å². The van der Waals surface area contributed by atoms with Crippen molar-refractivity contribution in [2.45, 2.75) is 40.7 Å². The number of rotatable bonds is 3. The first kappa shape index (κ1) is 18.2. The summed E-state index contributed by atoms with van der Waals surface area (Å²) in [5.41, 5.74) is 5.93. The van der Waals surface area contributed by atoms with Crippen LogP contribution in [-0.2, 0) is 17.8 Å². The second-order valence-electron chi connectivity index (χ2n) is 7.42. The number of carbonyl (C=O) groups excluding carboxylic acids is 2. The van der Waals surface area contributed by atoms with Crippen LogP contribution in [0.5, 0.6) is 0 Å². The Labute approximate surface area is 155 Å². The van der Waals surface area contributed by atoms with E-state index in [2.05, 4.69) is 11.4 Å². The third-order valence-electron chi connectivity index (χ3n) is 4.91. The van der Waals surface area contributed by atoms with Crippen molar-refractivity contribution in [1.29, 1.82) is 0 Å². The largest absolute Gasteiger partial charge is 0.338 e. The zero-order chi connectivity index (χ0) is 18.8. The van der Waals surface area contributed by atoms with E-state index >= 15 is 0 Å². The van der Waals surface area contributed by atoms with Gasteiger partial charge in [-0.25, -0.2) is 0 Å². The summed E-state index contributed by atoms with van der Waals surface area (Å²) in [6.45, 7) is 9.20. The fourth-order valence-corrected chi connectivity index (χ4v) is 3.45. The molecule has 0 radical (unpaired) electrons. The van der Waals surface area contributed by atoms with Crippen LogP contribution in [0.2, 0.25) is 0 Å². The van der Waals surface area contributed by atoms with Gasteiger partial charge in [-0.05, 0) is 55.2 Å². The van der Waals surface area contributed by atoms with Crippen LogP contribution in [0.15, 0.2) is 36.4 Å². The molecule has 0 spiro atoms. The highest BCUT2D eigenvalue weighted by Crippen LogP contribution is 2.24. The number of carbonyl (C=O) groups is 2. The Morgan fingerprint density at radius 1 is 1.04 bits per heavy atom. The minimum atomic E-state index is -0.103. The summed E-state index contributed by atoms with van der Waals surface area (Å²) < 4.78 is 0. The molecule has 2 aromatic carbocycles. The van der Waals surface area contributed by atoms with E-state index in [0.29, 0.717) is 12.1 Å². The van der Waals surface area contributed by atoms with Gasteiger partial charge in [0.15, 0.2) is 0 Å². The predicted molar refractivity (Wildman–Crippen MR) is 104 cm³/mol. The number of nitrogens with zero attached hydrogens (tertiary/aromatic N) is 1. The molecule has 0 saturated heterocycles. The molecule has 1 heterocycles. The van der Waals surface area contributed by atoms with Crippen molar-refractivity contribution in [2.75, 3.05) is 11.9 Å². The molecular formula is C22H26N2O2. The SMILES string of the molecule is Cc1ccc(C(=O)Nc2ccc3c(c2)CN(C(=O)C(C)C)CC3)c(C)c1. The maximum Gasteiger partial charge on any atom is 0.255 e. The minimum Gasteiger partial charge on any atom is -0.338 e. The topological polar surface area (TPSA) is 49.4 Å². The van der Waals surface area contributed by atoms with E-state index in [4.69, 9.17) is 0 Å². The van der Waals surface area contributed by atoms with Crippen LogP contribution in [0.4, 0.5) is 5.69 Å². The maximum absolute atomic E-state index is 12.6. The van der Waals surface area contributed by atoms with Crippen molar-refractivity contribution in [3.8, 4) is 0 Å². The maximum atomic E-state index is 12.6. The average molecular weight is 350 g/mol. The van der Waals surface area contributed by atoms with Crippen LogP contribution >= 0.6 is 0 Å². The number of amides is 2. The first-order valence-electron chi connectivity index (χ1n) is 9.14. The Kier molecular flexibility index (Phi) is 5.12. The number of aryl methyl sites for hydroxylation is 2. The van der Waals surface area contributed by atoms with Gasteiger partial charge in [-0.1, -0.05) is 37.6 Å². The number of anilines is 1. The number of benzene rings is 2. The lowest BCUT2D eigenvalue weighted by Crippen LogP contribution is -2.38. The van der Waals surface area contributed by atoms with Crippen LogP contribution < -0.4 is 5.32 Å². The Hall–Kier alpha value is -2.62. The van der Waals surface area contributed by atoms with Gasteiger partial charge in [-0.2, -0.15) is 0 Å². The molecule has 4 nitrogen and oxygen atoms in total. The third kappa shape index (κ3) is 3.79. The Morgan fingerprint density at radius 2 is 1.81 bits per heavy atom. The standard InChI is InChI=1S/C22H26N2O2/c1-14(2)22(26)24-10-9-17-6-7-19(12-18(17)13-24)23-21(25)20-8-5-15(3)11-16(20)4/h5-8,11-12,14H,9-10,13H2,1-4H3,(H,23,25). The molecular weight excluding hydrogens is 324 g/mol. The molecule has 0 saturated carbocycles. The number of hydrogen-bond donors (Lipinski definition) is 1. The summed E-state index contributed by atoms with van der Waals surface area (Å²) in [6, 6.07) is 11.8. The van der Waals surface area contributed by atoms with Crippen molar-refractivity contribution in [3.05, 3.63) is 64.2 Å². The van der Waals surface area contributed by atoms with E-state index in [9.17, 15) is 9.59 Å². The molecule has 2 aromatic rings. The first-order chi connectivity index (χ1) is 12.3. The summed E-state index contributed by atoms with van der Waals surface area (Å²) in [4.78, 5) is 26.8. The van der Waals surface area contributed by atoms with E-state index in [-0.39, 0.29) is 17.7 Å². The first-order valence-corrected chi connectivity index (χ1v) is 9.14. The molecule has 0 atom stereocenters. The zero-order valence-corrected chi connectivity index (χ0v) is 15.9. The van der Waals surface area contributed by atoms with Crippen molar-refractivity contribution >= 4 is 17.5 Å². The molecule has 0 unspecified atom stereocenters. The summed E-state index contributed by atoms with van der Waals surface area (Å²) in [5, 5.41) is 2.99. The van der Waals surface area contributed by atoms with Gasteiger partial charge in [0.1, 0.15) is 0 Å². The van der Waals surface area contributed by atoms with Crippen LogP contribution in [0.3, 0.4) is 0 Å². The fourth-order valence-electron chi connectivity index (χ4n) is 3.45. The highest BCUT2D eigenvalue weighted by molar-refractivity contribution is 6.05. The molecule has 0 aromatic heterocycles. The molecule has 0 fully saturated rings. The lowest BCUT2D eigenvalue weighted by Gasteiger charge is -2.30. The lowest BCUT2D eigenvalue weighted by atomic mass is 9.98. The Bertz CT molecular complexity index is 855. The Morgan fingerprint density at radius 3 is 2.50 bits per heavy atom. The third-order valence-corrected chi connectivity index (χ3v) is 4.91. The summed E-state index contributed by atoms with van der Waals surface area (Å²) in [6.07, 6.45) is 0.860. The molecule has 3 rings (SSSR count). The van der Waals surface area contributed by atoms with Gasteiger partial charge in [-0.3, -0.25) is 9.59 Å². The molecule has 2 amide bonds. The molecule has 136 valence electrons. The molecule has 26 heavy (non-hydrogen) atoms. The van der Waals surface area contributed by atoms with Crippen LogP contribution in [0.1, 0.15) is 46.5 Å². The smallest absolute Gasteiger partial charge is 0.255 e. The van der Waals surface area contributed by atoms with Gasteiger partial charge in [-0.15, -0.1) is 0 Å². The summed E-state index contributed by atoms with van der Waals surface area (Å²) in [5.74, 6) is 0.0812. The number of fused-ring (bicyclic) bond motifs is 1. The molecule has 1 N–H and O–H groups in total. The molecule has 1 aliphatic rings. The van der Waals surface area contributed by atoms with Crippen LogP contribution in [-0.4, -0.2) is 23.3 Å². The summed E-state index contributed by atoms with van der Waals surface area (Å²) >= 11 is 0. The molecule has 0 aliphatic carbocycles. The van der Waals surface area contributed by atoms with Gasteiger partial charge in [0.25, 0.3) is 5.91 Å². The fraction of sp³-hybridized carbons (Fsp3) is 0.364. The predicted octanol–water partition coefficient (Wildman–Crippen LogP) is 4.10. The zero-order valence-electron chi connectivity index (χ0n) is 15.9. The lowest BCUT2D eigenvalue weighted by molar-refractivity contribution is -0.135. The molecule has 4 heteroatoms. The summed E-state index contributed by atoms with van der Waals surface area (Å²) in [7, 11) is 0. The van der Waals surface area contributed by atoms with E-state index in [1.165, 1.54) is 5.56 Å². The van der Waals surface area contributed by atoms with Crippen LogP contribution in [0.25, 0.3) is 0 Å². The molecule has 0 bridgehead atoms. The van der Waals surface area contributed by atoms with Gasteiger partial charge in [0.2, 0.25) is 5.91 Å². The van der Waals surface area contributed by atoms with Crippen molar-refractivity contribution in [1.82, 2.24) is 4.90 Å². The van der Waals surface area contributed by atoms with E-state index in [1.54, 1.807) is 0 Å². The average Bonchev–Trinajstić information content (AvgIpc) is 2.60. The number of nitrogens with one attached hydrogen (secondary N) is 1. The van der Waals surface area contributed by atoms with Gasteiger partial charge in [0, 0.05) is 30.3 Å². The minimum absolute atomic E-state index is 0.00366. The second-order valence-corrected chi connectivity index (χ2v) is 7.42. The van der Waals surface area contributed by atoms with Crippen molar-refractivity contribution < 1.29 is 9.59 Å².